The Balaban J connectivity index is 2.01. The SMILES string of the molecule is CCN(CC)CCCCNC(=O)C1CNCCO1. The average Bonchev–Trinajstić information content (AvgIpc) is 2.43. The molecular formula is C13H27N3O2. The van der Waals surface area contributed by atoms with Crippen molar-refractivity contribution in [3.05, 3.63) is 0 Å². The molecule has 2 N–H and O–H groups in total. The Bertz CT molecular complexity index is 226. The molecule has 0 aromatic carbocycles. The van der Waals surface area contributed by atoms with Crippen molar-refractivity contribution in [1.29, 1.82) is 0 Å². The van der Waals surface area contributed by atoms with Gasteiger partial charge in [0, 0.05) is 19.6 Å². The zero-order chi connectivity index (χ0) is 13.2. The minimum atomic E-state index is -0.304. The highest BCUT2D eigenvalue weighted by Gasteiger charge is 2.20. The van der Waals surface area contributed by atoms with E-state index in [4.69, 9.17) is 4.74 Å². The standard InChI is InChI=1S/C13H27N3O2/c1-3-16(4-2)9-6-5-7-15-13(17)12-11-14-8-10-18-12/h12,14H,3-11H2,1-2H3,(H,15,17). The fourth-order valence-corrected chi connectivity index (χ4v) is 2.06. The van der Waals surface area contributed by atoms with Gasteiger partial charge in [0.1, 0.15) is 6.10 Å². The molecule has 18 heavy (non-hydrogen) atoms. The van der Waals surface area contributed by atoms with E-state index in [0.717, 1.165) is 45.6 Å². The van der Waals surface area contributed by atoms with Crippen LogP contribution < -0.4 is 10.6 Å². The van der Waals surface area contributed by atoms with Gasteiger partial charge in [0.25, 0.3) is 0 Å². The van der Waals surface area contributed by atoms with Gasteiger partial charge in [-0.3, -0.25) is 4.79 Å². The second-order valence-corrected chi connectivity index (χ2v) is 4.59. The van der Waals surface area contributed by atoms with Crippen LogP contribution in [0.3, 0.4) is 0 Å². The molecule has 0 aromatic heterocycles. The van der Waals surface area contributed by atoms with Crippen molar-refractivity contribution >= 4 is 5.91 Å². The smallest absolute Gasteiger partial charge is 0.250 e. The van der Waals surface area contributed by atoms with E-state index in [9.17, 15) is 4.79 Å². The second-order valence-electron chi connectivity index (χ2n) is 4.59. The predicted octanol–water partition coefficient (Wildman–Crippen LogP) is 0.213. The first-order chi connectivity index (χ1) is 8.77. The lowest BCUT2D eigenvalue weighted by atomic mass is 10.2. The van der Waals surface area contributed by atoms with Crippen LogP contribution in [0.4, 0.5) is 0 Å². The minimum absolute atomic E-state index is 0.0186. The predicted molar refractivity (Wildman–Crippen MR) is 72.6 cm³/mol. The number of hydrogen-bond donors (Lipinski definition) is 2. The molecule has 0 bridgehead atoms. The van der Waals surface area contributed by atoms with Crippen LogP contribution in [-0.4, -0.2) is 62.8 Å². The number of morpholine rings is 1. The van der Waals surface area contributed by atoms with Crippen LogP contribution in [-0.2, 0) is 9.53 Å². The van der Waals surface area contributed by atoms with Crippen LogP contribution >= 0.6 is 0 Å². The number of carbonyl (C=O) groups excluding carboxylic acids is 1. The van der Waals surface area contributed by atoms with Gasteiger partial charge in [0.05, 0.1) is 6.61 Å². The molecule has 5 nitrogen and oxygen atoms in total. The maximum atomic E-state index is 11.7. The third-order valence-corrected chi connectivity index (χ3v) is 3.31. The summed E-state index contributed by atoms with van der Waals surface area (Å²) in [5.41, 5.74) is 0. The lowest BCUT2D eigenvalue weighted by Crippen LogP contribution is -2.48. The maximum absolute atomic E-state index is 11.7. The summed E-state index contributed by atoms with van der Waals surface area (Å²) in [5.74, 6) is 0.0186. The van der Waals surface area contributed by atoms with Crippen LogP contribution in [0, 0.1) is 0 Å². The van der Waals surface area contributed by atoms with Gasteiger partial charge in [-0.15, -0.1) is 0 Å². The van der Waals surface area contributed by atoms with E-state index >= 15 is 0 Å². The molecular weight excluding hydrogens is 230 g/mol. The topological polar surface area (TPSA) is 53.6 Å². The molecule has 1 saturated heterocycles. The van der Waals surface area contributed by atoms with Crippen molar-refractivity contribution in [2.45, 2.75) is 32.8 Å². The van der Waals surface area contributed by atoms with Gasteiger partial charge in [-0.05, 0) is 32.5 Å². The Morgan fingerprint density at radius 2 is 2.17 bits per heavy atom. The summed E-state index contributed by atoms with van der Waals surface area (Å²) in [4.78, 5) is 14.1. The highest BCUT2D eigenvalue weighted by atomic mass is 16.5. The molecule has 1 amide bonds. The molecule has 0 aromatic rings. The number of carbonyl (C=O) groups is 1. The second kappa shape index (κ2) is 9.30. The first-order valence-corrected chi connectivity index (χ1v) is 7.10. The quantitative estimate of drug-likeness (QED) is 0.611. The van der Waals surface area contributed by atoms with Crippen molar-refractivity contribution in [3.8, 4) is 0 Å². The van der Waals surface area contributed by atoms with Gasteiger partial charge in [-0.2, -0.15) is 0 Å². The molecule has 1 rings (SSSR count). The van der Waals surface area contributed by atoms with E-state index < -0.39 is 0 Å². The number of ether oxygens (including phenoxy) is 1. The number of nitrogens with one attached hydrogen (secondary N) is 2. The van der Waals surface area contributed by atoms with Crippen LogP contribution in [0.2, 0.25) is 0 Å². The van der Waals surface area contributed by atoms with Crippen molar-refractivity contribution in [3.63, 3.8) is 0 Å². The van der Waals surface area contributed by atoms with Crippen LogP contribution in [0.5, 0.6) is 0 Å². The van der Waals surface area contributed by atoms with Gasteiger partial charge in [0.15, 0.2) is 0 Å². The van der Waals surface area contributed by atoms with Crippen LogP contribution in [0.25, 0.3) is 0 Å². The highest BCUT2D eigenvalue weighted by Crippen LogP contribution is 1.97. The van der Waals surface area contributed by atoms with Crippen molar-refractivity contribution in [1.82, 2.24) is 15.5 Å². The average molecular weight is 257 g/mol. The van der Waals surface area contributed by atoms with E-state index in [1.807, 2.05) is 0 Å². The first kappa shape index (κ1) is 15.4. The fraction of sp³-hybridized carbons (Fsp3) is 0.923. The highest BCUT2D eigenvalue weighted by molar-refractivity contribution is 5.81. The molecule has 0 aliphatic carbocycles. The van der Waals surface area contributed by atoms with Gasteiger partial charge in [-0.25, -0.2) is 0 Å². The van der Waals surface area contributed by atoms with E-state index in [1.54, 1.807) is 0 Å². The van der Waals surface area contributed by atoms with E-state index in [1.165, 1.54) is 0 Å². The Morgan fingerprint density at radius 1 is 1.39 bits per heavy atom. The van der Waals surface area contributed by atoms with Gasteiger partial charge in [0.2, 0.25) is 5.91 Å². The Labute approximate surface area is 110 Å². The maximum Gasteiger partial charge on any atom is 0.250 e. The van der Waals surface area contributed by atoms with Crippen molar-refractivity contribution in [2.75, 3.05) is 45.9 Å². The lowest BCUT2D eigenvalue weighted by molar-refractivity contribution is -0.134. The number of rotatable bonds is 8. The third kappa shape index (κ3) is 5.80. The molecule has 106 valence electrons. The number of nitrogens with zero attached hydrogens (tertiary/aromatic N) is 1. The Kier molecular flexibility index (Phi) is 7.96. The summed E-state index contributed by atoms with van der Waals surface area (Å²) in [5, 5.41) is 6.09. The van der Waals surface area contributed by atoms with E-state index in [2.05, 4.69) is 29.4 Å². The lowest BCUT2D eigenvalue weighted by Gasteiger charge is -2.22. The summed E-state index contributed by atoms with van der Waals surface area (Å²) in [6.45, 7) is 10.5. The van der Waals surface area contributed by atoms with E-state index in [0.29, 0.717) is 13.2 Å². The Hall–Kier alpha value is -0.650. The molecule has 1 heterocycles. The van der Waals surface area contributed by atoms with Crippen LogP contribution in [0.15, 0.2) is 0 Å². The number of unbranched alkanes of at least 4 members (excludes halogenated alkanes) is 1. The molecule has 1 unspecified atom stereocenters. The zero-order valence-electron chi connectivity index (χ0n) is 11.7. The summed E-state index contributed by atoms with van der Waals surface area (Å²) in [6, 6.07) is 0. The first-order valence-electron chi connectivity index (χ1n) is 7.10. The van der Waals surface area contributed by atoms with Crippen LogP contribution in [0.1, 0.15) is 26.7 Å². The Morgan fingerprint density at radius 3 is 2.78 bits per heavy atom. The number of hydrogen-bond acceptors (Lipinski definition) is 4. The van der Waals surface area contributed by atoms with Gasteiger partial charge >= 0.3 is 0 Å². The summed E-state index contributed by atoms with van der Waals surface area (Å²) in [7, 11) is 0. The molecule has 1 atom stereocenters. The molecule has 1 aliphatic heterocycles. The minimum Gasteiger partial charge on any atom is -0.366 e. The molecule has 0 radical (unpaired) electrons. The van der Waals surface area contributed by atoms with Gasteiger partial charge < -0.3 is 20.3 Å². The normalized spacial score (nSPS) is 20.1. The van der Waals surface area contributed by atoms with E-state index in [-0.39, 0.29) is 12.0 Å². The monoisotopic (exact) mass is 257 g/mol. The summed E-state index contributed by atoms with van der Waals surface area (Å²) in [6.07, 6.45) is 1.86. The summed E-state index contributed by atoms with van der Waals surface area (Å²) < 4.78 is 5.39. The third-order valence-electron chi connectivity index (χ3n) is 3.31. The zero-order valence-corrected chi connectivity index (χ0v) is 11.7. The van der Waals surface area contributed by atoms with Crippen molar-refractivity contribution < 1.29 is 9.53 Å². The largest absolute Gasteiger partial charge is 0.366 e. The molecule has 0 saturated carbocycles. The molecule has 5 heteroatoms. The number of amides is 1. The molecule has 1 aliphatic rings. The van der Waals surface area contributed by atoms with Crippen molar-refractivity contribution in [2.24, 2.45) is 0 Å². The molecule has 1 fully saturated rings. The fourth-order valence-electron chi connectivity index (χ4n) is 2.06. The van der Waals surface area contributed by atoms with Gasteiger partial charge in [-0.1, -0.05) is 13.8 Å². The summed E-state index contributed by atoms with van der Waals surface area (Å²) >= 11 is 0. The molecule has 0 spiro atoms.